The zero-order chi connectivity index (χ0) is 27.4. The summed E-state index contributed by atoms with van der Waals surface area (Å²) in [4.78, 5) is 18.1. The molecule has 1 saturated heterocycles. The molecule has 11 heteroatoms. The second-order valence-corrected chi connectivity index (χ2v) is 9.98. The topological polar surface area (TPSA) is 86.4 Å². The van der Waals surface area contributed by atoms with E-state index in [4.69, 9.17) is 4.98 Å². The van der Waals surface area contributed by atoms with Gasteiger partial charge in [0.25, 0.3) is 5.92 Å². The van der Waals surface area contributed by atoms with Crippen LogP contribution in [0.1, 0.15) is 12.0 Å². The molecular weight excluding hydrogens is 522 g/mol. The fourth-order valence-electron chi connectivity index (χ4n) is 5.28. The molecule has 2 N–H and O–H groups in total. The third kappa shape index (κ3) is 4.28. The number of alkyl halides is 2. The summed E-state index contributed by atoms with van der Waals surface area (Å²) in [5.74, 6) is -3.33. The quantitative estimate of drug-likeness (QED) is 0.248. The summed E-state index contributed by atoms with van der Waals surface area (Å²) >= 11 is 0. The van der Waals surface area contributed by atoms with Crippen LogP contribution in [0, 0.1) is 11.6 Å². The van der Waals surface area contributed by atoms with Gasteiger partial charge < -0.3 is 4.98 Å². The molecule has 2 aromatic carbocycles. The first kappa shape index (κ1) is 24.4. The van der Waals surface area contributed by atoms with E-state index >= 15 is 4.39 Å². The van der Waals surface area contributed by atoms with Crippen molar-refractivity contribution in [3.63, 3.8) is 0 Å². The van der Waals surface area contributed by atoms with Gasteiger partial charge in [0.2, 0.25) is 0 Å². The highest BCUT2D eigenvalue weighted by Gasteiger charge is 2.38. The first-order valence-corrected chi connectivity index (χ1v) is 12.7. The van der Waals surface area contributed by atoms with Gasteiger partial charge in [-0.25, -0.2) is 22.5 Å². The number of H-pyrrole nitrogens is 2. The highest BCUT2D eigenvalue weighted by atomic mass is 19.3. The molecule has 1 fully saturated rings. The monoisotopic (exact) mass is 543 g/mol. The maximum absolute atomic E-state index is 16.1. The van der Waals surface area contributed by atoms with Crippen LogP contribution in [-0.2, 0) is 6.54 Å². The number of hydrogen-bond acceptors (Lipinski definition) is 5. The Hall–Kier alpha value is -4.64. The molecular formula is C29H21F4N7. The smallest absolute Gasteiger partial charge is 0.261 e. The number of likely N-dealkylation sites (tertiary alicyclic amines) is 1. The molecule has 0 amide bonds. The van der Waals surface area contributed by atoms with E-state index in [1.807, 2.05) is 18.2 Å². The van der Waals surface area contributed by atoms with E-state index in [0.29, 0.717) is 39.1 Å². The highest BCUT2D eigenvalue weighted by Crippen LogP contribution is 2.35. The van der Waals surface area contributed by atoms with Crippen LogP contribution < -0.4 is 0 Å². The summed E-state index contributed by atoms with van der Waals surface area (Å²) in [6.07, 6.45) is 4.39. The van der Waals surface area contributed by atoms with Crippen molar-refractivity contribution in [1.82, 2.24) is 35.0 Å². The number of benzene rings is 2. The van der Waals surface area contributed by atoms with Crippen molar-refractivity contribution >= 4 is 21.9 Å². The van der Waals surface area contributed by atoms with Crippen molar-refractivity contribution in [2.45, 2.75) is 18.9 Å². The van der Waals surface area contributed by atoms with Gasteiger partial charge in [-0.15, -0.1) is 0 Å². The minimum absolute atomic E-state index is 0.0628. The largest absolute Gasteiger partial charge is 0.337 e. The SMILES string of the molecule is Fc1cccc(-c2cccc3[nH]c(-c4n[nH]c5cnc(-c6cncc(CN7CCC(F)(F)C7)c6)c(F)c45)nc23)c1. The number of rotatable bonds is 5. The Balaban J connectivity index is 1.28. The van der Waals surface area contributed by atoms with Crippen molar-refractivity contribution in [2.24, 2.45) is 0 Å². The molecule has 7 nitrogen and oxygen atoms in total. The minimum Gasteiger partial charge on any atom is -0.337 e. The summed E-state index contributed by atoms with van der Waals surface area (Å²) in [5, 5.41) is 7.33. The number of hydrogen-bond donors (Lipinski definition) is 2. The fraction of sp³-hybridized carbons (Fsp3) is 0.172. The molecule has 5 heterocycles. The lowest BCUT2D eigenvalue weighted by Crippen LogP contribution is -2.24. The summed E-state index contributed by atoms with van der Waals surface area (Å²) in [5.41, 5.74) is 4.49. The summed E-state index contributed by atoms with van der Waals surface area (Å²) in [6, 6.07) is 13.5. The summed E-state index contributed by atoms with van der Waals surface area (Å²) in [6.45, 7) is 0.253. The van der Waals surface area contributed by atoms with Crippen molar-refractivity contribution < 1.29 is 17.6 Å². The first-order chi connectivity index (χ1) is 19.3. The molecule has 40 heavy (non-hydrogen) atoms. The predicted molar refractivity (Wildman–Crippen MR) is 142 cm³/mol. The zero-order valence-corrected chi connectivity index (χ0v) is 20.9. The highest BCUT2D eigenvalue weighted by molar-refractivity contribution is 5.98. The lowest BCUT2D eigenvalue weighted by molar-refractivity contribution is 0.0115. The molecule has 0 radical (unpaired) electrons. The standard InChI is InChI=1S/C29H21F4N7/c30-19-4-1-3-17(10-19)20-5-2-6-21-26(20)37-28(36-21)27-23-22(38-39-27)13-35-25(24(23)31)18-9-16(11-34-12-18)14-40-8-7-29(32,33)15-40/h1-6,9-13H,7-8,14-15H2,(H,36,37)(H,38,39). The van der Waals surface area contributed by atoms with Gasteiger partial charge in [-0.3, -0.25) is 20.0 Å². The van der Waals surface area contributed by atoms with Crippen LogP contribution >= 0.6 is 0 Å². The molecule has 200 valence electrons. The first-order valence-electron chi connectivity index (χ1n) is 12.7. The lowest BCUT2D eigenvalue weighted by Gasteiger charge is -2.15. The molecule has 0 bridgehead atoms. The molecule has 0 atom stereocenters. The Morgan fingerprint density at radius 3 is 2.62 bits per heavy atom. The molecule has 4 aromatic heterocycles. The van der Waals surface area contributed by atoms with Crippen molar-refractivity contribution in [2.75, 3.05) is 13.1 Å². The fourth-order valence-corrected chi connectivity index (χ4v) is 5.28. The van der Waals surface area contributed by atoms with E-state index in [9.17, 15) is 13.2 Å². The average molecular weight is 544 g/mol. The van der Waals surface area contributed by atoms with Crippen LogP contribution in [0.5, 0.6) is 0 Å². The number of aromatic nitrogens is 6. The van der Waals surface area contributed by atoms with Crippen LogP contribution in [0.3, 0.4) is 0 Å². The number of nitrogens with one attached hydrogen (secondary N) is 2. The van der Waals surface area contributed by atoms with E-state index < -0.39 is 11.7 Å². The maximum atomic E-state index is 16.1. The van der Waals surface area contributed by atoms with E-state index in [2.05, 4.69) is 25.1 Å². The van der Waals surface area contributed by atoms with E-state index in [1.54, 1.807) is 29.3 Å². The minimum atomic E-state index is -2.70. The molecule has 0 aliphatic carbocycles. The molecule has 0 spiro atoms. The van der Waals surface area contributed by atoms with Gasteiger partial charge in [0.05, 0.1) is 34.7 Å². The molecule has 1 aliphatic heterocycles. The lowest BCUT2D eigenvalue weighted by atomic mass is 10.0. The third-order valence-corrected chi connectivity index (χ3v) is 7.14. The molecule has 7 rings (SSSR count). The Morgan fingerprint density at radius 1 is 0.925 bits per heavy atom. The van der Waals surface area contributed by atoms with Crippen LogP contribution in [0.15, 0.2) is 67.1 Å². The number of nitrogens with zero attached hydrogens (tertiary/aromatic N) is 5. The maximum Gasteiger partial charge on any atom is 0.261 e. The Labute approximate surface area is 224 Å². The molecule has 0 unspecified atom stereocenters. The van der Waals surface area contributed by atoms with Crippen molar-refractivity contribution in [3.8, 4) is 33.9 Å². The van der Waals surface area contributed by atoms with Crippen LogP contribution in [0.2, 0.25) is 0 Å². The van der Waals surface area contributed by atoms with Crippen LogP contribution in [0.4, 0.5) is 17.6 Å². The van der Waals surface area contributed by atoms with Gasteiger partial charge in [0.15, 0.2) is 11.6 Å². The average Bonchev–Trinajstić information content (AvgIpc) is 3.65. The molecule has 0 saturated carbocycles. The van der Waals surface area contributed by atoms with Crippen LogP contribution in [-0.4, -0.2) is 54.0 Å². The van der Waals surface area contributed by atoms with Gasteiger partial charge >= 0.3 is 0 Å². The number of imidazole rings is 1. The Morgan fingerprint density at radius 2 is 1.80 bits per heavy atom. The Kier molecular flexibility index (Phi) is 5.63. The Bertz CT molecular complexity index is 1890. The van der Waals surface area contributed by atoms with Gasteiger partial charge in [0.1, 0.15) is 17.2 Å². The van der Waals surface area contributed by atoms with Crippen molar-refractivity contribution in [1.29, 1.82) is 0 Å². The molecule has 6 aromatic rings. The predicted octanol–water partition coefficient (Wildman–Crippen LogP) is 6.35. The number of halogens is 4. The van der Waals surface area contributed by atoms with Gasteiger partial charge in [-0.2, -0.15) is 5.10 Å². The summed E-state index contributed by atoms with van der Waals surface area (Å²) < 4.78 is 57.2. The van der Waals surface area contributed by atoms with E-state index in [1.165, 1.54) is 24.5 Å². The van der Waals surface area contributed by atoms with Crippen LogP contribution in [0.25, 0.3) is 55.8 Å². The third-order valence-electron chi connectivity index (χ3n) is 7.14. The zero-order valence-electron chi connectivity index (χ0n) is 20.9. The summed E-state index contributed by atoms with van der Waals surface area (Å²) in [7, 11) is 0. The van der Waals surface area contributed by atoms with Gasteiger partial charge in [-0.1, -0.05) is 24.3 Å². The molecule has 1 aliphatic rings. The number of aromatic amines is 2. The number of para-hydroxylation sites is 1. The van der Waals surface area contributed by atoms with Crippen molar-refractivity contribution in [3.05, 3.63) is 84.3 Å². The second kappa shape index (κ2) is 9.23. The van der Waals surface area contributed by atoms with Gasteiger partial charge in [0, 0.05) is 43.0 Å². The number of pyridine rings is 2. The second-order valence-electron chi connectivity index (χ2n) is 9.98. The van der Waals surface area contributed by atoms with E-state index in [0.717, 1.165) is 5.56 Å². The number of fused-ring (bicyclic) bond motifs is 2. The normalized spacial score (nSPS) is 15.4. The van der Waals surface area contributed by atoms with Gasteiger partial charge in [-0.05, 0) is 35.4 Å². The van der Waals surface area contributed by atoms with E-state index in [-0.39, 0.29) is 48.6 Å².